The largest absolute Gasteiger partial charge is 0.508 e. The van der Waals surface area contributed by atoms with E-state index in [0.717, 1.165) is 28.0 Å². The molecule has 6 rings (SSSR count). The summed E-state index contributed by atoms with van der Waals surface area (Å²) in [6.45, 7) is -0.272. The first-order valence-corrected chi connectivity index (χ1v) is 14.2. The minimum absolute atomic E-state index is 0.0778. The highest BCUT2D eigenvalue weighted by Crippen LogP contribution is 2.53. The fourth-order valence-electron chi connectivity index (χ4n) is 5.02. The van der Waals surface area contributed by atoms with Gasteiger partial charge in [-0.2, -0.15) is 0 Å². The van der Waals surface area contributed by atoms with Crippen molar-refractivity contribution in [2.24, 2.45) is 5.92 Å². The summed E-state index contributed by atoms with van der Waals surface area (Å²) in [6.07, 6.45) is 0. The molecule has 0 bridgehead atoms. The molecule has 2 aliphatic rings. The number of imide groups is 1. The van der Waals surface area contributed by atoms with Gasteiger partial charge in [-0.3, -0.25) is 29.3 Å². The van der Waals surface area contributed by atoms with E-state index in [1.807, 2.05) is 0 Å². The Hall–Kier alpha value is -4.95. The lowest BCUT2D eigenvalue weighted by molar-refractivity contribution is -0.384. The van der Waals surface area contributed by atoms with Gasteiger partial charge >= 0.3 is 4.87 Å². The Balaban J connectivity index is 1.24. The maximum atomic E-state index is 13.8. The molecule has 3 aromatic carbocycles. The number of aromatic amines is 1. The number of H-pyrrole nitrogens is 1. The fraction of sp³-hybridized carbons (Fsp3) is 0.143. The Kier molecular flexibility index (Phi) is 7.00. The third-order valence-electron chi connectivity index (χ3n) is 6.90. The van der Waals surface area contributed by atoms with Gasteiger partial charge in [-0.05, 0) is 54.1 Å². The van der Waals surface area contributed by atoms with Crippen molar-refractivity contribution in [2.45, 2.75) is 16.2 Å². The lowest BCUT2D eigenvalue weighted by atomic mass is 9.83. The number of aromatic nitrogens is 1. The molecular formula is C28H20N4O8S2. The van der Waals surface area contributed by atoms with Crippen LogP contribution in [0.5, 0.6) is 11.5 Å². The number of thioether (sulfide) groups is 1. The van der Waals surface area contributed by atoms with Crippen LogP contribution in [0.4, 0.5) is 17.1 Å². The van der Waals surface area contributed by atoms with E-state index in [1.165, 1.54) is 36.4 Å². The van der Waals surface area contributed by atoms with E-state index in [9.17, 15) is 34.4 Å². The number of nitro groups is 1. The molecule has 14 heteroatoms. The number of nitrogens with zero attached hydrogens (tertiary/aromatic N) is 2. The molecule has 3 atom stereocenters. The van der Waals surface area contributed by atoms with Crippen molar-refractivity contribution in [3.8, 4) is 11.5 Å². The van der Waals surface area contributed by atoms with Crippen molar-refractivity contribution in [2.75, 3.05) is 16.8 Å². The molecule has 3 heterocycles. The molecule has 0 radical (unpaired) electrons. The summed E-state index contributed by atoms with van der Waals surface area (Å²) in [6, 6.07) is 18.0. The topological polar surface area (TPSA) is 172 Å². The third kappa shape index (κ3) is 5.01. The molecule has 4 aromatic rings. The second-order valence-corrected chi connectivity index (χ2v) is 11.7. The maximum absolute atomic E-state index is 13.8. The van der Waals surface area contributed by atoms with Gasteiger partial charge in [-0.1, -0.05) is 35.2 Å². The number of amides is 3. The van der Waals surface area contributed by atoms with Crippen LogP contribution < -0.4 is 19.8 Å². The number of rotatable bonds is 7. The monoisotopic (exact) mass is 604 g/mol. The molecule has 1 aromatic heterocycles. The first-order chi connectivity index (χ1) is 20.2. The highest BCUT2D eigenvalue weighted by atomic mass is 32.2. The van der Waals surface area contributed by atoms with Crippen molar-refractivity contribution in [1.82, 2.24) is 4.98 Å². The first kappa shape index (κ1) is 27.2. The van der Waals surface area contributed by atoms with Crippen LogP contribution in [0.25, 0.3) is 0 Å². The Morgan fingerprint density at radius 1 is 1.00 bits per heavy atom. The number of phenols is 1. The molecule has 1 saturated heterocycles. The van der Waals surface area contributed by atoms with Crippen LogP contribution in [-0.4, -0.2) is 44.6 Å². The SMILES string of the molecule is O=C(COc1ccc(C2c3sc(=O)[nH]c3SC3C(=O)N(c4ccc([N+](=O)[O-])cc4)C(=O)C32)cc1)Nc1ccc(O)cc1. The molecule has 3 N–H and O–H groups in total. The van der Waals surface area contributed by atoms with Crippen LogP contribution in [0.1, 0.15) is 16.4 Å². The number of ether oxygens (including phenoxy) is 1. The zero-order valence-corrected chi connectivity index (χ0v) is 23.0. The number of nitro benzene ring substituents is 1. The van der Waals surface area contributed by atoms with E-state index in [1.54, 1.807) is 36.4 Å². The second kappa shape index (κ2) is 10.8. The average molecular weight is 605 g/mol. The summed E-state index contributed by atoms with van der Waals surface area (Å²) in [5.41, 5.74) is 1.24. The molecule has 0 spiro atoms. The minimum Gasteiger partial charge on any atom is -0.508 e. The van der Waals surface area contributed by atoms with Crippen molar-refractivity contribution in [1.29, 1.82) is 0 Å². The smallest absolute Gasteiger partial charge is 0.305 e. The Labute approximate surface area is 245 Å². The van der Waals surface area contributed by atoms with Crippen LogP contribution in [0, 0.1) is 16.0 Å². The number of hydrogen-bond acceptors (Lipinski definition) is 10. The summed E-state index contributed by atoms with van der Waals surface area (Å²) >= 11 is 2.11. The molecule has 1 fully saturated rings. The summed E-state index contributed by atoms with van der Waals surface area (Å²) in [5, 5.41) is 22.8. The van der Waals surface area contributed by atoms with Crippen LogP contribution in [-0.2, 0) is 14.4 Å². The molecule has 42 heavy (non-hydrogen) atoms. The quantitative estimate of drug-likeness (QED) is 0.123. The van der Waals surface area contributed by atoms with Gasteiger partial charge in [0.1, 0.15) is 16.7 Å². The van der Waals surface area contributed by atoms with Gasteiger partial charge in [-0.25, -0.2) is 4.90 Å². The van der Waals surface area contributed by atoms with Gasteiger partial charge < -0.3 is 20.1 Å². The van der Waals surface area contributed by atoms with Crippen LogP contribution in [0.3, 0.4) is 0 Å². The van der Waals surface area contributed by atoms with Crippen molar-refractivity contribution < 1.29 is 29.2 Å². The zero-order valence-electron chi connectivity index (χ0n) is 21.4. The molecule has 212 valence electrons. The van der Waals surface area contributed by atoms with E-state index >= 15 is 0 Å². The molecule has 12 nitrogen and oxygen atoms in total. The second-order valence-electron chi connectivity index (χ2n) is 9.49. The number of carbonyl (C=O) groups is 3. The van der Waals surface area contributed by atoms with Gasteiger partial charge in [0.25, 0.3) is 11.6 Å². The number of fused-ring (bicyclic) bond motifs is 2. The van der Waals surface area contributed by atoms with Gasteiger partial charge in [0, 0.05) is 28.6 Å². The lowest BCUT2D eigenvalue weighted by Gasteiger charge is -2.29. The minimum atomic E-state index is -0.820. The number of benzene rings is 3. The standard InChI is InChI=1S/C28H20N4O8S2/c33-18-9-3-15(4-10-18)29-20(34)13-40-19-11-1-14(2-12-19)21-22-24(41-25-23(21)42-28(37)30-25)27(36)31(26(22)35)16-5-7-17(8-6-16)32(38)39/h1-12,21-22,24,33H,13H2,(H,29,34)(H,30,37). The van der Waals surface area contributed by atoms with E-state index in [4.69, 9.17) is 4.74 Å². The average Bonchev–Trinajstić information content (AvgIpc) is 3.47. The van der Waals surface area contributed by atoms with Crippen molar-refractivity contribution in [3.05, 3.63) is 103 Å². The first-order valence-electron chi connectivity index (χ1n) is 12.5. The Morgan fingerprint density at radius 3 is 2.36 bits per heavy atom. The lowest BCUT2D eigenvalue weighted by Crippen LogP contribution is -2.32. The molecule has 2 aliphatic heterocycles. The number of hydrogen-bond donors (Lipinski definition) is 3. The predicted octanol–water partition coefficient (Wildman–Crippen LogP) is 3.86. The number of thiazole rings is 1. The predicted molar refractivity (Wildman–Crippen MR) is 154 cm³/mol. The summed E-state index contributed by atoms with van der Waals surface area (Å²) in [5.74, 6) is -2.29. The Morgan fingerprint density at radius 2 is 1.69 bits per heavy atom. The van der Waals surface area contributed by atoms with Gasteiger partial charge in [0.05, 0.1) is 21.6 Å². The molecular weight excluding hydrogens is 584 g/mol. The highest BCUT2D eigenvalue weighted by Gasteiger charge is 2.56. The fourth-order valence-corrected chi connectivity index (χ4v) is 7.53. The zero-order chi connectivity index (χ0) is 29.5. The molecule has 0 aliphatic carbocycles. The van der Waals surface area contributed by atoms with Crippen molar-refractivity contribution >= 4 is 57.9 Å². The van der Waals surface area contributed by atoms with E-state index in [-0.39, 0.29) is 28.6 Å². The van der Waals surface area contributed by atoms with Crippen molar-refractivity contribution in [3.63, 3.8) is 0 Å². The number of non-ortho nitro benzene ring substituents is 1. The van der Waals surface area contributed by atoms with E-state index in [0.29, 0.717) is 26.9 Å². The molecule has 3 unspecified atom stereocenters. The Bertz CT molecular complexity index is 1770. The third-order valence-corrected chi connectivity index (χ3v) is 9.30. The summed E-state index contributed by atoms with van der Waals surface area (Å²) in [7, 11) is 0. The number of phenolic OH excluding ortho intramolecular Hbond substituents is 1. The van der Waals surface area contributed by atoms with E-state index in [2.05, 4.69) is 10.3 Å². The van der Waals surface area contributed by atoms with Crippen LogP contribution in [0.15, 0.2) is 82.6 Å². The molecule has 3 amide bonds. The number of carbonyl (C=O) groups excluding carboxylic acids is 3. The van der Waals surface area contributed by atoms with E-state index < -0.39 is 39.7 Å². The van der Waals surface area contributed by atoms with Gasteiger partial charge in [0.15, 0.2) is 6.61 Å². The van der Waals surface area contributed by atoms with Gasteiger partial charge in [-0.15, -0.1) is 0 Å². The number of anilines is 2. The summed E-state index contributed by atoms with van der Waals surface area (Å²) in [4.78, 5) is 66.5. The summed E-state index contributed by atoms with van der Waals surface area (Å²) < 4.78 is 5.61. The molecule has 0 saturated carbocycles. The normalized spacial score (nSPS) is 19.2. The number of nitrogens with one attached hydrogen (secondary N) is 2. The van der Waals surface area contributed by atoms with Crippen LogP contribution >= 0.6 is 23.1 Å². The van der Waals surface area contributed by atoms with Gasteiger partial charge in [0.2, 0.25) is 11.8 Å². The number of aromatic hydroxyl groups is 1. The highest BCUT2D eigenvalue weighted by molar-refractivity contribution is 8.00. The maximum Gasteiger partial charge on any atom is 0.305 e. The van der Waals surface area contributed by atoms with Crippen LogP contribution in [0.2, 0.25) is 0 Å².